The van der Waals surface area contributed by atoms with E-state index in [1.807, 2.05) is 30.3 Å². The van der Waals surface area contributed by atoms with Gasteiger partial charge in [0.05, 0.1) is 25.8 Å². The molecule has 0 spiro atoms. The van der Waals surface area contributed by atoms with Gasteiger partial charge in [-0.15, -0.1) is 0 Å². The molecule has 2 aliphatic rings. The van der Waals surface area contributed by atoms with E-state index in [1.54, 1.807) is 13.3 Å². The number of nitrogens with zero attached hydrogens (tertiary/aromatic N) is 2. The number of benzene rings is 1. The van der Waals surface area contributed by atoms with Gasteiger partial charge < -0.3 is 24.2 Å². The Morgan fingerprint density at radius 1 is 1.17 bits per heavy atom. The SMILES string of the molecule is COc1ccc(OCC(C)(C)F)c(N2CCC(COc3cc(C(CC(=O)O)C4CC4)ccn3)CC2)c1. The zero-order valence-corrected chi connectivity index (χ0v) is 21.4. The highest BCUT2D eigenvalue weighted by molar-refractivity contribution is 5.68. The molecule has 0 bridgehead atoms. The number of hydrogen-bond acceptors (Lipinski definition) is 6. The Kier molecular flexibility index (Phi) is 8.21. The third kappa shape index (κ3) is 7.24. The summed E-state index contributed by atoms with van der Waals surface area (Å²) in [5.41, 5.74) is 0.498. The van der Waals surface area contributed by atoms with Gasteiger partial charge in [0.15, 0.2) is 0 Å². The lowest BCUT2D eigenvalue weighted by atomic mass is 9.92. The predicted octanol–water partition coefficient (Wildman–Crippen LogP) is 5.48. The maximum Gasteiger partial charge on any atom is 0.303 e. The highest BCUT2D eigenvalue weighted by atomic mass is 19.1. The van der Waals surface area contributed by atoms with E-state index < -0.39 is 11.6 Å². The van der Waals surface area contributed by atoms with Gasteiger partial charge in [0.2, 0.25) is 5.88 Å². The molecule has 1 aromatic heterocycles. The fourth-order valence-corrected chi connectivity index (χ4v) is 4.76. The van der Waals surface area contributed by atoms with E-state index >= 15 is 0 Å². The average Bonchev–Trinajstić information content (AvgIpc) is 3.70. The third-order valence-electron chi connectivity index (χ3n) is 6.93. The number of pyridine rings is 1. The fourth-order valence-electron chi connectivity index (χ4n) is 4.76. The number of piperidine rings is 1. The lowest BCUT2D eigenvalue weighted by molar-refractivity contribution is -0.137. The van der Waals surface area contributed by atoms with E-state index in [1.165, 1.54) is 13.8 Å². The first-order valence-corrected chi connectivity index (χ1v) is 12.8. The normalized spacial score (nSPS) is 17.5. The molecule has 36 heavy (non-hydrogen) atoms. The zero-order chi connectivity index (χ0) is 25.7. The van der Waals surface area contributed by atoms with Crippen molar-refractivity contribution in [3.63, 3.8) is 0 Å². The summed E-state index contributed by atoms with van der Waals surface area (Å²) < 4.78 is 31.3. The number of carboxylic acids is 1. The molecule has 1 N–H and O–H groups in total. The number of anilines is 1. The molecule has 196 valence electrons. The highest BCUT2D eigenvalue weighted by Crippen LogP contribution is 2.45. The van der Waals surface area contributed by atoms with Gasteiger partial charge in [-0.05, 0) is 81.0 Å². The van der Waals surface area contributed by atoms with Crippen molar-refractivity contribution in [2.75, 3.05) is 38.3 Å². The van der Waals surface area contributed by atoms with Crippen molar-refractivity contribution in [2.24, 2.45) is 11.8 Å². The van der Waals surface area contributed by atoms with E-state index in [2.05, 4.69) is 9.88 Å². The summed E-state index contributed by atoms with van der Waals surface area (Å²) in [5.74, 6) is 2.04. The van der Waals surface area contributed by atoms with Crippen LogP contribution in [0, 0.1) is 11.8 Å². The molecule has 0 radical (unpaired) electrons. The molecule has 4 rings (SSSR count). The minimum absolute atomic E-state index is 0.0171. The molecule has 1 saturated heterocycles. The quantitative estimate of drug-likeness (QED) is 0.413. The predicted molar refractivity (Wildman–Crippen MR) is 136 cm³/mol. The second-order valence-corrected chi connectivity index (χ2v) is 10.6. The van der Waals surface area contributed by atoms with Crippen LogP contribution in [0.4, 0.5) is 10.1 Å². The molecule has 2 fully saturated rings. The maximum absolute atomic E-state index is 14.0. The molecule has 0 amide bonds. The van der Waals surface area contributed by atoms with E-state index in [4.69, 9.17) is 14.2 Å². The van der Waals surface area contributed by atoms with E-state index in [0.717, 1.165) is 55.8 Å². The van der Waals surface area contributed by atoms with Crippen molar-refractivity contribution in [1.29, 1.82) is 0 Å². The van der Waals surface area contributed by atoms with Crippen LogP contribution >= 0.6 is 0 Å². The maximum atomic E-state index is 14.0. The summed E-state index contributed by atoms with van der Waals surface area (Å²) >= 11 is 0. The Hall–Kier alpha value is -3.03. The number of ether oxygens (including phenoxy) is 3. The number of carbonyl (C=O) groups is 1. The van der Waals surface area contributed by atoms with Crippen LogP contribution in [0.5, 0.6) is 17.4 Å². The number of aromatic nitrogens is 1. The van der Waals surface area contributed by atoms with Crippen LogP contribution in [-0.2, 0) is 4.79 Å². The number of hydrogen-bond donors (Lipinski definition) is 1. The second-order valence-electron chi connectivity index (χ2n) is 10.6. The van der Waals surface area contributed by atoms with Crippen LogP contribution in [0.15, 0.2) is 36.5 Å². The van der Waals surface area contributed by atoms with Gasteiger partial charge in [-0.1, -0.05) is 0 Å². The molecule has 8 heteroatoms. The summed E-state index contributed by atoms with van der Waals surface area (Å²) in [6, 6.07) is 9.44. The number of halogens is 1. The minimum atomic E-state index is -1.42. The summed E-state index contributed by atoms with van der Waals surface area (Å²) in [5, 5.41) is 9.30. The van der Waals surface area contributed by atoms with Gasteiger partial charge >= 0.3 is 5.97 Å². The molecule has 2 heterocycles. The van der Waals surface area contributed by atoms with E-state index in [0.29, 0.717) is 30.1 Å². The molecule has 1 aliphatic heterocycles. The average molecular weight is 501 g/mol. The number of methoxy groups -OCH3 is 1. The van der Waals surface area contributed by atoms with Crippen LogP contribution in [0.25, 0.3) is 0 Å². The van der Waals surface area contributed by atoms with Gasteiger partial charge in [0.1, 0.15) is 23.8 Å². The molecular weight excluding hydrogens is 463 g/mol. The zero-order valence-electron chi connectivity index (χ0n) is 21.4. The highest BCUT2D eigenvalue weighted by Gasteiger charge is 2.34. The molecule has 1 saturated carbocycles. The Morgan fingerprint density at radius 2 is 1.92 bits per heavy atom. The number of alkyl halides is 1. The Balaban J connectivity index is 1.33. The summed E-state index contributed by atoms with van der Waals surface area (Å²) in [6.07, 6.45) is 5.91. The van der Waals surface area contributed by atoms with Gasteiger partial charge in [-0.25, -0.2) is 9.37 Å². The smallest absolute Gasteiger partial charge is 0.303 e. The van der Waals surface area contributed by atoms with Gasteiger partial charge in [0, 0.05) is 31.4 Å². The third-order valence-corrected chi connectivity index (χ3v) is 6.93. The van der Waals surface area contributed by atoms with E-state index in [-0.39, 0.29) is 18.9 Å². The van der Waals surface area contributed by atoms with Crippen molar-refractivity contribution < 1.29 is 28.5 Å². The number of carboxylic acid groups (broad SMARTS) is 1. The first kappa shape index (κ1) is 26.0. The lowest BCUT2D eigenvalue weighted by Gasteiger charge is -2.34. The number of aliphatic carboxylic acids is 1. The minimum Gasteiger partial charge on any atom is -0.497 e. The van der Waals surface area contributed by atoms with Gasteiger partial charge in [-0.3, -0.25) is 4.79 Å². The second kappa shape index (κ2) is 11.4. The van der Waals surface area contributed by atoms with Crippen molar-refractivity contribution in [3.05, 3.63) is 42.1 Å². The Morgan fingerprint density at radius 3 is 2.56 bits per heavy atom. The van der Waals surface area contributed by atoms with Crippen LogP contribution in [0.3, 0.4) is 0 Å². The summed E-state index contributed by atoms with van der Waals surface area (Å²) in [4.78, 5) is 17.9. The standard InChI is InChI=1S/C28H37FN2O5/c1-28(2,29)18-36-25-7-6-22(34-3)15-24(25)31-12-9-19(10-13-31)17-35-26-14-21(8-11-30-26)23(16-27(32)33)20-4-5-20/h6-8,11,14-15,19-20,23H,4-5,9-10,12-13,16-18H2,1-3H3,(H,32,33). The molecule has 2 aromatic rings. The molecule has 1 unspecified atom stereocenters. The van der Waals surface area contributed by atoms with Crippen molar-refractivity contribution in [3.8, 4) is 17.4 Å². The Bertz CT molecular complexity index is 1030. The van der Waals surface area contributed by atoms with E-state index in [9.17, 15) is 14.3 Å². The number of rotatable bonds is 12. The van der Waals surface area contributed by atoms with Gasteiger partial charge in [0.25, 0.3) is 0 Å². The molecule has 1 aliphatic carbocycles. The van der Waals surface area contributed by atoms with Crippen LogP contribution in [-0.4, -0.2) is 55.1 Å². The van der Waals surface area contributed by atoms with Crippen LogP contribution < -0.4 is 19.1 Å². The van der Waals surface area contributed by atoms with Gasteiger partial charge in [-0.2, -0.15) is 0 Å². The van der Waals surface area contributed by atoms with Crippen LogP contribution in [0.2, 0.25) is 0 Å². The van der Waals surface area contributed by atoms with Crippen molar-refractivity contribution in [2.45, 2.75) is 57.5 Å². The van der Waals surface area contributed by atoms with Crippen molar-refractivity contribution >= 4 is 11.7 Å². The monoisotopic (exact) mass is 500 g/mol. The summed E-state index contributed by atoms with van der Waals surface area (Å²) in [6.45, 7) is 5.21. The summed E-state index contributed by atoms with van der Waals surface area (Å²) in [7, 11) is 1.63. The largest absolute Gasteiger partial charge is 0.497 e. The molecular formula is C28H37FN2O5. The first-order valence-electron chi connectivity index (χ1n) is 12.8. The topological polar surface area (TPSA) is 81.1 Å². The first-order chi connectivity index (χ1) is 17.2. The molecule has 1 aromatic carbocycles. The Labute approximate surface area is 212 Å². The molecule has 7 nitrogen and oxygen atoms in total. The fraction of sp³-hybridized carbons (Fsp3) is 0.571. The molecule has 1 atom stereocenters. The van der Waals surface area contributed by atoms with Crippen LogP contribution in [0.1, 0.15) is 57.4 Å². The lowest BCUT2D eigenvalue weighted by Crippen LogP contribution is -2.36. The van der Waals surface area contributed by atoms with Crippen molar-refractivity contribution in [1.82, 2.24) is 4.98 Å².